The molecule has 1 aliphatic heterocycles. The number of hydrogen-bond donors (Lipinski definition) is 2. The maximum absolute atomic E-state index is 11.9. The van der Waals surface area contributed by atoms with Crippen LogP contribution in [0.15, 0.2) is 18.3 Å². The van der Waals surface area contributed by atoms with E-state index in [1.807, 2.05) is 6.92 Å². The van der Waals surface area contributed by atoms with Crippen LogP contribution < -0.4 is 5.32 Å². The molecule has 1 unspecified atom stereocenters. The fraction of sp³-hybridized carbons (Fsp3) is 0.500. The van der Waals surface area contributed by atoms with Crippen molar-refractivity contribution in [2.24, 2.45) is 0 Å². The van der Waals surface area contributed by atoms with Gasteiger partial charge in [0.25, 0.3) is 0 Å². The molecule has 0 radical (unpaired) electrons. The van der Waals surface area contributed by atoms with Crippen molar-refractivity contribution in [3.8, 4) is 0 Å². The zero-order chi connectivity index (χ0) is 11.5. The van der Waals surface area contributed by atoms with E-state index in [1.54, 1.807) is 12.1 Å². The van der Waals surface area contributed by atoms with Crippen LogP contribution in [0.5, 0.6) is 0 Å². The lowest BCUT2D eigenvalue weighted by Crippen LogP contribution is -2.40. The molecule has 16 heavy (non-hydrogen) atoms. The van der Waals surface area contributed by atoms with Gasteiger partial charge in [-0.05, 0) is 38.4 Å². The Balaban J connectivity index is 2.08. The van der Waals surface area contributed by atoms with E-state index in [0.29, 0.717) is 5.56 Å². The van der Waals surface area contributed by atoms with Gasteiger partial charge in [-0.1, -0.05) is 0 Å². The molecule has 0 bridgehead atoms. The zero-order valence-electron chi connectivity index (χ0n) is 9.31. The Morgan fingerprint density at radius 1 is 1.62 bits per heavy atom. The predicted octanol–water partition coefficient (Wildman–Crippen LogP) is 0.686. The highest BCUT2D eigenvalue weighted by Crippen LogP contribution is 2.13. The number of carbonyl (C=O) groups is 1. The number of aryl methyl sites for hydroxylation is 1. The van der Waals surface area contributed by atoms with Gasteiger partial charge < -0.3 is 10.4 Å². The minimum atomic E-state index is -0.952. The quantitative estimate of drug-likeness (QED) is 0.736. The number of aliphatic hydroxyl groups is 1. The molecule has 0 aromatic carbocycles. The number of nitrogens with one attached hydrogen (secondary N) is 1. The summed E-state index contributed by atoms with van der Waals surface area (Å²) in [7, 11) is 0. The summed E-state index contributed by atoms with van der Waals surface area (Å²) in [5.74, 6) is -0.244. The first-order valence-electron chi connectivity index (χ1n) is 5.57. The Morgan fingerprint density at radius 2 is 2.44 bits per heavy atom. The van der Waals surface area contributed by atoms with E-state index in [0.717, 1.165) is 25.1 Å². The number of aliphatic hydroxyl groups excluding tert-OH is 1. The molecule has 1 saturated heterocycles. The topological polar surface area (TPSA) is 62.2 Å². The van der Waals surface area contributed by atoms with Gasteiger partial charge in [-0.25, -0.2) is 0 Å². The Hall–Kier alpha value is -1.26. The number of pyridine rings is 1. The molecule has 2 atom stereocenters. The molecule has 0 spiro atoms. The summed E-state index contributed by atoms with van der Waals surface area (Å²) in [5.41, 5.74) is 1.34. The molecule has 2 rings (SSSR count). The van der Waals surface area contributed by atoms with Crippen LogP contribution in [0.3, 0.4) is 0 Å². The van der Waals surface area contributed by atoms with E-state index in [4.69, 9.17) is 0 Å². The minimum Gasteiger partial charge on any atom is -0.383 e. The maximum Gasteiger partial charge on any atom is 0.194 e. The molecule has 0 aliphatic carbocycles. The van der Waals surface area contributed by atoms with Crippen molar-refractivity contribution in [3.63, 3.8) is 0 Å². The predicted molar refractivity (Wildman–Crippen MR) is 60.3 cm³/mol. The lowest BCUT2D eigenvalue weighted by Gasteiger charge is -2.16. The number of hydrogen-bond acceptors (Lipinski definition) is 4. The second-order valence-electron chi connectivity index (χ2n) is 4.20. The maximum atomic E-state index is 11.9. The number of rotatable bonds is 3. The Morgan fingerprint density at radius 3 is 3.00 bits per heavy atom. The largest absolute Gasteiger partial charge is 0.383 e. The average molecular weight is 220 g/mol. The number of aromatic nitrogens is 1. The van der Waals surface area contributed by atoms with Crippen molar-refractivity contribution in [2.75, 3.05) is 6.54 Å². The zero-order valence-corrected chi connectivity index (χ0v) is 9.31. The van der Waals surface area contributed by atoms with Crippen molar-refractivity contribution < 1.29 is 9.90 Å². The summed E-state index contributed by atoms with van der Waals surface area (Å²) in [6.07, 6.45) is 2.44. The number of Topliss-reactive ketones (excluding diaryl/α,β-unsaturated/α-hetero) is 1. The summed E-state index contributed by atoms with van der Waals surface area (Å²) in [6, 6.07) is 3.39. The third kappa shape index (κ3) is 2.28. The Bertz CT molecular complexity index is 369. The van der Waals surface area contributed by atoms with Crippen LogP contribution in [0.4, 0.5) is 0 Å². The molecule has 86 valence electrons. The van der Waals surface area contributed by atoms with Gasteiger partial charge in [-0.2, -0.15) is 0 Å². The summed E-state index contributed by atoms with van der Waals surface area (Å²) < 4.78 is 0. The number of carbonyl (C=O) groups excluding carboxylic acids is 1. The second kappa shape index (κ2) is 4.72. The highest BCUT2D eigenvalue weighted by molar-refractivity contribution is 5.99. The van der Waals surface area contributed by atoms with E-state index in [1.165, 1.54) is 6.20 Å². The van der Waals surface area contributed by atoms with Gasteiger partial charge in [0.15, 0.2) is 5.78 Å². The van der Waals surface area contributed by atoms with Gasteiger partial charge in [0.05, 0.1) is 0 Å². The van der Waals surface area contributed by atoms with Crippen molar-refractivity contribution in [3.05, 3.63) is 29.6 Å². The smallest absolute Gasteiger partial charge is 0.194 e. The Labute approximate surface area is 94.7 Å². The molecule has 1 aromatic rings. The molecule has 1 aromatic heterocycles. The Kier molecular flexibility index (Phi) is 3.31. The van der Waals surface area contributed by atoms with Crippen molar-refractivity contribution >= 4 is 5.78 Å². The highest BCUT2D eigenvalue weighted by Gasteiger charge is 2.29. The molecule has 1 aliphatic rings. The minimum absolute atomic E-state index is 0.103. The number of ketones is 1. The lowest BCUT2D eigenvalue weighted by atomic mass is 10.0. The molecule has 4 nitrogen and oxygen atoms in total. The van der Waals surface area contributed by atoms with Crippen LogP contribution in [0.1, 0.15) is 28.9 Å². The second-order valence-corrected chi connectivity index (χ2v) is 4.20. The highest BCUT2D eigenvalue weighted by atomic mass is 16.3. The van der Waals surface area contributed by atoms with Crippen molar-refractivity contribution in [2.45, 2.75) is 31.9 Å². The van der Waals surface area contributed by atoms with Gasteiger partial charge in [-0.3, -0.25) is 9.78 Å². The van der Waals surface area contributed by atoms with Crippen LogP contribution in [0.2, 0.25) is 0 Å². The van der Waals surface area contributed by atoms with Gasteiger partial charge in [0.2, 0.25) is 0 Å². The van der Waals surface area contributed by atoms with Gasteiger partial charge in [0.1, 0.15) is 6.10 Å². The van der Waals surface area contributed by atoms with Crippen LogP contribution >= 0.6 is 0 Å². The van der Waals surface area contributed by atoms with Gasteiger partial charge in [0, 0.05) is 23.5 Å². The van der Waals surface area contributed by atoms with E-state index in [2.05, 4.69) is 10.3 Å². The average Bonchev–Trinajstić information content (AvgIpc) is 2.81. The van der Waals surface area contributed by atoms with Crippen LogP contribution in [0.25, 0.3) is 0 Å². The fourth-order valence-electron chi connectivity index (χ4n) is 1.95. The first-order valence-corrected chi connectivity index (χ1v) is 5.57. The van der Waals surface area contributed by atoms with Crippen LogP contribution in [0, 0.1) is 6.92 Å². The van der Waals surface area contributed by atoms with E-state index < -0.39 is 6.10 Å². The third-order valence-corrected chi connectivity index (χ3v) is 2.94. The molecule has 2 heterocycles. The molecule has 4 heteroatoms. The van der Waals surface area contributed by atoms with E-state index in [-0.39, 0.29) is 11.8 Å². The SMILES string of the molecule is Cc1ccc(C(=O)[C@H](O)C2CCCN2)cn1. The lowest BCUT2D eigenvalue weighted by molar-refractivity contribution is 0.0676. The van der Waals surface area contributed by atoms with Crippen molar-refractivity contribution in [1.82, 2.24) is 10.3 Å². The molecule has 2 N–H and O–H groups in total. The molecule has 1 fully saturated rings. The van der Waals surface area contributed by atoms with Gasteiger partial charge >= 0.3 is 0 Å². The first-order chi connectivity index (χ1) is 7.68. The summed E-state index contributed by atoms with van der Waals surface area (Å²) in [6.45, 7) is 2.74. The summed E-state index contributed by atoms with van der Waals surface area (Å²) in [4.78, 5) is 16.0. The fourth-order valence-corrected chi connectivity index (χ4v) is 1.95. The van der Waals surface area contributed by atoms with Crippen molar-refractivity contribution in [1.29, 1.82) is 0 Å². The van der Waals surface area contributed by atoms with E-state index >= 15 is 0 Å². The molecular weight excluding hydrogens is 204 g/mol. The molecular formula is C12H16N2O2. The standard InChI is InChI=1S/C12H16N2O2/c1-8-4-5-9(7-14-8)11(15)12(16)10-3-2-6-13-10/h4-5,7,10,12-13,16H,2-3,6H2,1H3/t10?,12-/m1/s1. The summed E-state index contributed by atoms with van der Waals surface area (Å²) >= 11 is 0. The van der Waals surface area contributed by atoms with E-state index in [9.17, 15) is 9.90 Å². The normalized spacial score (nSPS) is 22.0. The molecule has 0 amide bonds. The summed E-state index contributed by atoms with van der Waals surface area (Å²) in [5, 5.41) is 13.0. The monoisotopic (exact) mass is 220 g/mol. The molecule has 0 saturated carbocycles. The van der Waals surface area contributed by atoms with Gasteiger partial charge in [-0.15, -0.1) is 0 Å². The van der Waals surface area contributed by atoms with Crippen LogP contribution in [-0.4, -0.2) is 34.6 Å². The number of nitrogens with zero attached hydrogens (tertiary/aromatic N) is 1. The third-order valence-electron chi connectivity index (χ3n) is 2.94. The first kappa shape index (κ1) is 11.2. The van der Waals surface area contributed by atoms with Crippen LogP contribution in [-0.2, 0) is 0 Å².